The highest BCUT2D eigenvalue weighted by molar-refractivity contribution is 5.85. The van der Waals surface area contributed by atoms with E-state index in [0.717, 1.165) is 31.4 Å². The molecule has 136 valence electrons. The number of hydrogen-bond acceptors (Lipinski definition) is 4. The third-order valence-electron chi connectivity index (χ3n) is 3.99. The first kappa shape index (κ1) is 20.9. The molecule has 2 rings (SSSR count). The van der Waals surface area contributed by atoms with Gasteiger partial charge >= 0.3 is 0 Å². The SMILES string of the molecule is Cl.NCCCN(Cc1ccccc1)C(=O)CCOCC1CCCO1. The minimum Gasteiger partial charge on any atom is -0.378 e. The fourth-order valence-electron chi connectivity index (χ4n) is 2.69. The molecule has 0 radical (unpaired) electrons. The Morgan fingerprint density at radius 2 is 2.12 bits per heavy atom. The van der Waals surface area contributed by atoms with E-state index in [2.05, 4.69) is 0 Å². The average molecular weight is 357 g/mol. The van der Waals surface area contributed by atoms with Gasteiger partial charge in [0.15, 0.2) is 0 Å². The maximum Gasteiger partial charge on any atom is 0.225 e. The molecule has 0 aliphatic carbocycles. The fraction of sp³-hybridized carbons (Fsp3) is 0.611. The molecule has 5 nitrogen and oxygen atoms in total. The first-order valence-corrected chi connectivity index (χ1v) is 8.50. The summed E-state index contributed by atoms with van der Waals surface area (Å²) in [5.74, 6) is 0.120. The number of benzene rings is 1. The zero-order valence-electron chi connectivity index (χ0n) is 14.2. The van der Waals surface area contributed by atoms with E-state index in [1.165, 1.54) is 0 Å². The summed E-state index contributed by atoms with van der Waals surface area (Å²) in [5.41, 5.74) is 6.72. The number of hydrogen-bond donors (Lipinski definition) is 1. The molecular formula is C18H29ClN2O3. The highest BCUT2D eigenvalue weighted by Crippen LogP contribution is 2.12. The maximum absolute atomic E-state index is 12.4. The predicted octanol–water partition coefficient (Wildman–Crippen LogP) is 2.37. The van der Waals surface area contributed by atoms with Crippen LogP contribution in [0.1, 0.15) is 31.2 Å². The first-order valence-electron chi connectivity index (χ1n) is 8.50. The number of ether oxygens (including phenoxy) is 2. The van der Waals surface area contributed by atoms with Gasteiger partial charge < -0.3 is 20.1 Å². The molecule has 1 heterocycles. The monoisotopic (exact) mass is 356 g/mol. The van der Waals surface area contributed by atoms with Crippen molar-refractivity contribution in [1.29, 1.82) is 0 Å². The van der Waals surface area contributed by atoms with E-state index in [1.54, 1.807) is 0 Å². The van der Waals surface area contributed by atoms with Crippen LogP contribution in [0.5, 0.6) is 0 Å². The number of carbonyl (C=O) groups is 1. The molecule has 1 aliphatic rings. The third kappa shape index (κ3) is 7.62. The highest BCUT2D eigenvalue weighted by Gasteiger charge is 2.17. The highest BCUT2D eigenvalue weighted by atomic mass is 35.5. The van der Waals surface area contributed by atoms with Crippen molar-refractivity contribution < 1.29 is 14.3 Å². The maximum atomic E-state index is 12.4. The molecule has 1 aromatic carbocycles. The van der Waals surface area contributed by atoms with E-state index in [0.29, 0.717) is 39.3 Å². The summed E-state index contributed by atoms with van der Waals surface area (Å²) in [4.78, 5) is 14.3. The average Bonchev–Trinajstić information content (AvgIpc) is 3.09. The number of halogens is 1. The molecule has 1 aromatic rings. The van der Waals surface area contributed by atoms with Crippen LogP contribution < -0.4 is 5.73 Å². The van der Waals surface area contributed by atoms with E-state index in [1.807, 2.05) is 35.2 Å². The number of nitrogens with two attached hydrogens (primary N) is 1. The van der Waals surface area contributed by atoms with Gasteiger partial charge in [0.05, 0.1) is 25.7 Å². The second kappa shape index (κ2) is 12.3. The van der Waals surface area contributed by atoms with E-state index in [4.69, 9.17) is 15.2 Å². The van der Waals surface area contributed by atoms with Crippen molar-refractivity contribution in [2.24, 2.45) is 5.73 Å². The summed E-state index contributed by atoms with van der Waals surface area (Å²) in [6, 6.07) is 10.0. The van der Waals surface area contributed by atoms with E-state index >= 15 is 0 Å². The molecule has 24 heavy (non-hydrogen) atoms. The Hall–Kier alpha value is -1.14. The molecule has 6 heteroatoms. The van der Waals surface area contributed by atoms with Crippen LogP contribution in [-0.4, -0.2) is 49.8 Å². The topological polar surface area (TPSA) is 64.8 Å². The molecule has 0 spiro atoms. The van der Waals surface area contributed by atoms with Crippen molar-refractivity contribution in [2.75, 3.05) is 32.9 Å². The molecule has 0 saturated carbocycles. The van der Waals surface area contributed by atoms with Crippen LogP contribution in [0.15, 0.2) is 30.3 Å². The molecule has 0 aromatic heterocycles. The lowest BCUT2D eigenvalue weighted by Crippen LogP contribution is -2.33. The van der Waals surface area contributed by atoms with Crippen LogP contribution in [0.3, 0.4) is 0 Å². The van der Waals surface area contributed by atoms with Crippen LogP contribution in [0.2, 0.25) is 0 Å². The Labute approximate surface area is 150 Å². The summed E-state index contributed by atoms with van der Waals surface area (Å²) in [5, 5.41) is 0. The molecule has 1 amide bonds. The number of nitrogens with zero attached hydrogens (tertiary/aromatic N) is 1. The quantitative estimate of drug-likeness (QED) is 0.654. The molecular weight excluding hydrogens is 328 g/mol. The molecule has 0 bridgehead atoms. The van der Waals surface area contributed by atoms with Crippen LogP contribution in [0, 0.1) is 0 Å². The Balaban J connectivity index is 0.00000288. The van der Waals surface area contributed by atoms with Crippen molar-refractivity contribution in [3.05, 3.63) is 35.9 Å². The van der Waals surface area contributed by atoms with E-state index in [-0.39, 0.29) is 24.4 Å². The summed E-state index contributed by atoms with van der Waals surface area (Å²) in [6.07, 6.45) is 3.60. The summed E-state index contributed by atoms with van der Waals surface area (Å²) in [6.45, 7) is 3.79. The van der Waals surface area contributed by atoms with Gasteiger partial charge in [-0.15, -0.1) is 12.4 Å². The summed E-state index contributed by atoms with van der Waals surface area (Å²) in [7, 11) is 0. The normalized spacial score (nSPS) is 16.6. The fourth-order valence-corrected chi connectivity index (χ4v) is 2.69. The second-order valence-corrected chi connectivity index (χ2v) is 5.90. The third-order valence-corrected chi connectivity index (χ3v) is 3.99. The van der Waals surface area contributed by atoms with Gasteiger partial charge in [-0.2, -0.15) is 0 Å². The van der Waals surface area contributed by atoms with Gasteiger partial charge in [0, 0.05) is 19.7 Å². The van der Waals surface area contributed by atoms with Crippen LogP contribution >= 0.6 is 12.4 Å². The lowest BCUT2D eigenvalue weighted by atomic mass is 10.2. The molecule has 1 unspecified atom stereocenters. The summed E-state index contributed by atoms with van der Waals surface area (Å²) >= 11 is 0. The lowest BCUT2D eigenvalue weighted by molar-refractivity contribution is -0.133. The molecule has 1 aliphatic heterocycles. The van der Waals surface area contributed by atoms with E-state index < -0.39 is 0 Å². The zero-order valence-corrected chi connectivity index (χ0v) is 15.0. The zero-order chi connectivity index (χ0) is 16.3. The van der Waals surface area contributed by atoms with Crippen molar-refractivity contribution in [3.8, 4) is 0 Å². The minimum atomic E-state index is 0. The Kier molecular flexibility index (Phi) is 10.7. The van der Waals surface area contributed by atoms with Crippen LogP contribution in [0.25, 0.3) is 0 Å². The number of carbonyl (C=O) groups excluding carboxylic acids is 1. The molecule has 1 saturated heterocycles. The molecule has 1 atom stereocenters. The summed E-state index contributed by atoms with van der Waals surface area (Å²) < 4.78 is 11.1. The van der Waals surface area contributed by atoms with Gasteiger partial charge in [0.2, 0.25) is 5.91 Å². The van der Waals surface area contributed by atoms with Gasteiger partial charge in [0.1, 0.15) is 0 Å². The van der Waals surface area contributed by atoms with Gasteiger partial charge in [-0.05, 0) is 31.4 Å². The molecule has 1 fully saturated rings. The Morgan fingerprint density at radius 1 is 1.33 bits per heavy atom. The van der Waals surface area contributed by atoms with Crippen LogP contribution in [0.4, 0.5) is 0 Å². The predicted molar refractivity (Wildman–Crippen MR) is 97.2 cm³/mol. The second-order valence-electron chi connectivity index (χ2n) is 5.90. The molecule has 2 N–H and O–H groups in total. The van der Waals surface area contributed by atoms with Gasteiger partial charge in [-0.25, -0.2) is 0 Å². The van der Waals surface area contributed by atoms with Crippen LogP contribution in [-0.2, 0) is 20.8 Å². The van der Waals surface area contributed by atoms with Crippen molar-refractivity contribution in [2.45, 2.75) is 38.3 Å². The van der Waals surface area contributed by atoms with Gasteiger partial charge in [-0.1, -0.05) is 30.3 Å². The smallest absolute Gasteiger partial charge is 0.225 e. The van der Waals surface area contributed by atoms with Crippen molar-refractivity contribution in [1.82, 2.24) is 4.90 Å². The number of rotatable bonds is 10. The first-order chi connectivity index (χ1) is 11.3. The Bertz CT molecular complexity index is 453. The number of amides is 1. The van der Waals surface area contributed by atoms with Gasteiger partial charge in [0.25, 0.3) is 0 Å². The van der Waals surface area contributed by atoms with E-state index in [9.17, 15) is 4.79 Å². The largest absolute Gasteiger partial charge is 0.378 e. The van der Waals surface area contributed by atoms with Gasteiger partial charge in [-0.3, -0.25) is 4.79 Å². The minimum absolute atomic E-state index is 0. The van der Waals surface area contributed by atoms with Crippen molar-refractivity contribution >= 4 is 18.3 Å². The standard InChI is InChI=1S/C18H28N2O3.ClH/c19-10-5-11-20(14-16-6-2-1-3-7-16)18(21)9-13-22-15-17-8-4-12-23-17;/h1-3,6-7,17H,4-5,8-15,19H2;1H. The lowest BCUT2D eigenvalue weighted by Gasteiger charge is -2.23. The Morgan fingerprint density at radius 3 is 2.79 bits per heavy atom. The van der Waals surface area contributed by atoms with Crippen molar-refractivity contribution in [3.63, 3.8) is 0 Å².